The maximum atomic E-state index is 12.9. The molecule has 1 unspecified atom stereocenters. The average Bonchev–Trinajstić information content (AvgIpc) is 3.47. The minimum atomic E-state index is -0.773. The van der Waals surface area contributed by atoms with E-state index >= 15 is 0 Å². The van der Waals surface area contributed by atoms with Crippen LogP contribution in [0.5, 0.6) is 0 Å². The van der Waals surface area contributed by atoms with Crippen molar-refractivity contribution in [2.24, 2.45) is 0 Å². The highest BCUT2D eigenvalue weighted by Gasteiger charge is 2.19. The molecule has 0 spiro atoms. The van der Waals surface area contributed by atoms with Crippen molar-refractivity contribution in [1.29, 1.82) is 0 Å². The smallest absolute Gasteiger partial charge is 0.306 e. The molecule has 0 aliphatic rings. The predicted molar refractivity (Wildman–Crippen MR) is 353 cm³/mol. The van der Waals surface area contributed by atoms with E-state index in [4.69, 9.17) is 14.2 Å². The van der Waals surface area contributed by atoms with Crippen LogP contribution >= 0.6 is 0 Å². The van der Waals surface area contributed by atoms with Gasteiger partial charge in [-0.3, -0.25) is 14.4 Å². The summed E-state index contributed by atoms with van der Waals surface area (Å²) in [4.78, 5) is 38.3. The van der Waals surface area contributed by atoms with E-state index in [1.165, 1.54) is 276 Å². The van der Waals surface area contributed by atoms with Gasteiger partial charge < -0.3 is 14.2 Å². The van der Waals surface area contributed by atoms with Crippen LogP contribution in [0.1, 0.15) is 393 Å². The molecule has 0 radical (unpaired) electrons. The Morgan fingerprint density at radius 3 is 0.741 bits per heavy atom. The van der Waals surface area contributed by atoms with E-state index in [9.17, 15) is 14.4 Å². The molecular weight excluding hydrogens is 997 g/mol. The summed E-state index contributed by atoms with van der Waals surface area (Å²) < 4.78 is 17.0. The molecule has 0 saturated carbocycles. The fraction of sp³-hybridized carbons (Fsp3) is 0.853. The summed E-state index contributed by atoms with van der Waals surface area (Å²) in [5, 5.41) is 0. The summed E-state index contributed by atoms with van der Waals surface area (Å²) in [6.07, 6.45) is 88.7. The molecule has 0 aliphatic heterocycles. The third-order valence-corrected chi connectivity index (χ3v) is 16.3. The minimum Gasteiger partial charge on any atom is -0.462 e. The van der Waals surface area contributed by atoms with E-state index in [2.05, 4.69) is 69.4 Å². The van der Waals surface area contributed by atoms with Crippen LogP contribution < -0.4 is 0 Å². The van der Waals surface area contributed by atoms with Gasteiger partial charge in [0.15, 0.2) is 6.10 Å². The van der Waals surface area contributed by atoms with Crippen LogP contribution in [0.2, 0.25) is 0 Å². The van der Waals surface area contributed by atoms with E-state index in [1.54, 1.807) is 0 Å². The zero-order chi connectivity index (χ0) is 58.5. The average molecular weight is 1140 g/mol. The highest BCUT2D eigenvalue weighted by molar-refractivity contribution is 5.71. The van der Waals surface area contributed by atoms with Gasteiger partial charge in [0, 0.05) is 19.3 Å². The van der Waals surface area contributed by atoms with Crippen molar-refractivity contribution in [2.45, 2.75) is 399 Å². The van der Waals surface area contributed by atoms with Crippen LogP contribution in [0.3, 0.4) is 0 Å². The van der Waals surface area contributed by atoms with Gasteiger partial charge in [0.2, 0.25) is 0 Å². The van der Waals surface area contributed by atoms with Gasteiger partial charge >= 0.3 is 17.9 Å². The van der Waals surface area contributed by atoms with Crippen LogP contribution in [0.25, 0.3) is 0 Å². The molecule has 0 N–H and O–H groups in total. The quantitative estimate of drug-likeness (QED) is 0.0261. The molecule has 474 valence electrons. The largest absolute Gasteiger partial charge is 0.462 e. The summed E-state index contributed by atoms with van der Waals surface area (Å²) in [5.41, 5.74) is 0. The van der Waals surface area contributed by atoms with E-state index < -0.39 is 6.10 Å². The molecule has 0 aromatic heterocycles. The number of rotatable bonds is 67. The van der Waals surface area contributed by atoms with Crippen molar-refractivity contribution in [2.75, 3.05) is 13.2 Å². The Kier molecular flexibility index (Phi) is 67.6. The third-order valence-electron chi connectivity index (χ3n) is 16.3. The van der Waals surface area contributed by atoms with Gasteiger partial charge in [0.05, 0.1) is 0 Å². The molecule has 81 heavy (non-hydrogen) atoms. The first-order valence-corrected chi connectivity index (χ1v) is 36.1. The van der Waals surface area contributed by atoms with Gasteiger partial charge in [-0.1, -0.05) is 345 Å². The second-order valence-corrected chi connectivity index (χ2v) is 24.5. The summed E-state index contributed by atoms with van der Waals surface area (Å²) in [5.74, 6) is -0.853. The first kappa shape index (κ1) is 78.4. The lowest BCUT2D eigenvalue weighted by atomic mass is 10.0. The van der Waals surface area contributed by atoms with E-state index in [0.29, 0.717) is 19.3 Å². The second kappa shape index (κ2) is 69.9. The first-order chi connectivity index (χ1) is 40.0. The van der Waals surface area contributed by atoms with Crippen molar-refractivity contribution in [1.82, 2.24) is 0 Å². The fourth-order valence-corrected chi connectivity index (χ4v) is 10.8. The maximum Gasteiger partial charge on any atom is 0.306 e. The van der Waals surface area contributed by atoms with Gasteiger partial charge in [0.1, 0.15) is 13.2 Å². The molecule has 0 aromatic carbocycles. The Hall–Kier alpha value is -2.63. The van der Waals surface area contributed by atoms with Crippen molar-refractivity contribution < 1.29 is 28.6 Å². The Morgan fingerprint density at radius 1 is 0.247 bits per heavy atom. The fourth-order valence-electron chi connectivity index (χ4n) is 10.8. The Morgan fingerprint density at radius 2 is 0.457 bits per heavy atom. The number of esters is 3. The minimum absolute atomic E-state index is 0.0700. The lowest BCUT2D eigenvalue weighted by Gasteiger charge is -2.18. The van der Waals surface area contributed by atoms with Gasteiger partial charge in [-0.2, -0.15) is 0 Å². The molecule has 0 fully saturated rings. The molecule has 0 amide bonds. The number of carbonyl (C=O) groups excluding carboxylic acids is 3. The molecule has 6 heteroatoms. The topological polar surface area (TPSA) is 78.9 Å². The lowest BCUT2D eigenvalue weighted by Crippen LogP contribution is -2.30. The van der Waals surface area contributed by atoms with Crippen molar-refractivity contribution >= 4 is 17.9 Å². The van der Waals surface area contributed by atoms with Crippen LogP contribution in [-0.2, 0) is 28.6 Å². The molecule has 0 saturated heterocycles. The van der Waals surface area contributed by atoms with Crippen molar-refractivity contribution in [3.8, 4) is 0 Å². The number of unbranched alkanes of at least 4 members (excludes halogenated alkanes) is 48. The number of hydrogen-bond donors (Lipinski definition) is 0. The van der Waals surface area contributed by atoms with Crippen molar-refractivity contribution in [3.05, 3.63) is 48.6 Å². The Labute approximate surface area is 505 Å². The first-order valence-electron chi connectivity index (χ1n) is 36.1. The molecule has 0 bridgehead atoms. The SMILES string of the molecule is CCCC/C=C\CCCCCCCC(=O)OCC(COC(=O)CCCCCCCCCCCCCCCCCCCC/C=C\C/C=C\C/C=C\CCCCCCC)OC(=O)CCCCCCCCCCCCCCCCCCCCC. The molecule has 0 heterocycles. The molecule has 1 atom stereocenters. The molecule has 6 nitrogen and oxygen atoms in total. The number of hydrogen-bond acceptors (Lipinski definition) is 6. The lowest BCUT2D eigenvalue weighted by molar-refractivity contribution is -0.167. The van der Waals surface area contributed by atoms with Crippen LogP contribution in [0, 0.1) is 0 Å². The summed E-state index contributed by atoms with van der Waals surface area (Å²) in [6, 6.07) is 0. The monoisotopic (exact) mass is 1140 g/mol. The van der Waals surface area contributed by atoms with Gasteiger partial charge in [-0.05, 0) is 77.0 Å². The molecule has 0 aliphatic carbocycles. The normalized spacial score (nSPS) is 12.3. The summed E-state index contributed by atoms with van der Waals surface area (Å²) in [7, 11) is 0. The highest BCUT2D eigenvalue weighted by atomic mass is 16.6. The Bertz CT molecular complexity index is 1400. The van der Waals surface area contributed by atoms with Crippen molar-refractivity contribution in [3.63, 3.8) is 0 Å². The summed E-state index contributed by atoms with van der Waals surface area (Å²) in [6.45, 7) is 6.65. The predicted octanol–water partition coefficient (Wildman–Crippen LogP) is 24.9. The number of carbonyl (C=O) groups is 3. The van der Waals surface area contributed by atoms with E-state index in [0.717, 1.165) is 77.0 Å². The zero-order valence-electron chi connectivity index (χ0n) is 54.6. The molecule has 0 aromatic rings. The Balaban J connectivity index is 4.10. The van der Waals surface area contributed by atoms with Crippen LogP contribution in [0.15, 0.2) is 48.6 Å². The van der Waals surface area contributed by atoms with Gasteiger partial charge in [0.25, 0.3) is 0 Å². The highest BCUT2D eigenvalue weighted by Crippen LogP contribution is 2.18. The van der Waals surface area contributed by atoms with Gasteiger partial charge in [-0.15, -0.1) is 0 Å². The standard InChI is InChI=1S/C75H138O6/c1-4-7-10-13-16-19-22-24-26-28-30-31-32-33-34-35-36-37-38-39-40-41-42-43-45-46-48-50-53-56-59-62-65-68-74(77)80-71-72(70-79-73(76)67-64-61-58-55-52-21-18-15-12-9-6-3)81-75(78)69-66-63-60-57-54-51-49-47-44-29-27-25-23-20-17-14-11-8-5-2/h15,18,22,24,28,30,32-33,72H,4-14,16-17,19-21,23,25-27,29,31,34-71H2,1-3H3/b18-15-,24-22-,30-28-,33-32-. The molecule has 0 rings (SSSR count). The maximum absolute atomic E-state index is 12.9. The number of allylic oxidation sites excluding steroid dienone is 8. The zero-order valence-corrected chi connectivity index (χ0v) is 54.6. The molecular formula is C75H138O6. The third kappa shape index (κ3) is 68.0. The summed E-state index contributed by atoms with van der Waals surface area (Å²) >= 11 is 0. The van der Waals surface area contributed by atoms with Crippen LogP contribution in [0.4, 0.5) is 0 Å². The second-order valence-electron chi connectivity index (χ2n) is 24.5. The van der Waals surface area contributed by atoms with Gasteiger partial charge in [-0.25, -0.2) is 0 Å². The van der Waals surface area contributed by atoms with Crippen LogP contribution in [-0.4, -0.2) is 37.2 Å². The number of ether oxygens (including phenoxy) is 3. The van der Waals surface area contributed by atoms with E-state index in [1.807, 2.05) is 0 Å². The van der Waals surface area contributed by atoms with E-state index in [-0.39, 0.29) is 31.1 Å².